The summed E-state index contributed by atoms with van der Waals surface area (Å²) < 4.78 is 17.7. The van der Waals surface area contributed by atoms with Gasteiger partial charge in [0.2, 0.25) is 0 Å². The van der Waals surface area contributed by atoms with E-state index in [-0.39, 0.29) is 0 Å². The Kier molecular flexibility index (Phi) is 11.5. The van der Waals surface area contributed by atoms with Crippen molar-refractivity contribution >= 4 is 15.9 Å². The number of allylic oxidation sites excluding steroid dienone is 1. The fourth-order valence-electron chi connectivity index (χ4n) is 3.36. The minimum Gasteiger partial charge on any atom is -0.502 e. The average molecular weight is 509 g/mol. The van der Waals surface area contributed by atoms with E-state index in [1.165, 1.54) is 5.56 Å². The number of rotatable bonds is 15. The highest BCUT2D eigenvalue weighted by Crippen LogP contribution is 2.26. The zero-order valence-corrected chi connectivity index (χ0v) is 20.7. The Balaban J connectivity index is 1.55. The van der Waals surface area contributed by atoms with Gasteiger partial charge in [-0.1, -0.05) is 76.6 Å². The molecular formula is C29H33BrO3. The van der Waals surface area contributed by atoms with Crippen LogP contribution in [-0.2, 0) is 24.4 Å². The second-order valence-corrected chi connectivity index (χ2v) is 8.69. The van der Waals surface area contributed by atoms with Crippen molar-refractivity contribution in [1.82, 2.24) is 0 Å². The van der Waals surface area contributed by atoms with Gasteiger partial charge in [0, 0.05) is 11.4 Å². The van der Waals surface area contributed by atoms with Gasteiger partial charge < -0.3 is 14.2 Å². The van der Waals surface area contributed by atoms with Crippen LogP contribution in [0.25, 0.3) is 0 Å². The third-order valence-corrected chi connectivity index (χ3v) is 5.67. The number of hydrogen-bond donors (Lipinski definition) is 0. The largest absolute Gasteiger partial charge is 0.502 e. The molecule has 0 aliphatic rings. The number of aryl methyl sites for hydroxylation is 1. The zero-order chi connectivity index (χ0) is 23.0. The maximum atomic E-state index is 6.11. The minimum absolute atomic E-state index is 0.544. The molecule has 0 fully saturated rings. The van der Waals surface area contributed by atoms with E-state index in [0.717, 1.165) is 66.7 Å². The van der Waals surface area contributed by atoms with E-state index in [0.29, 0.717) is 13.2 Å². The van der Waals surface area contributed by atoms with Gasteiger partial charge >= 0.3 is 0 Å². The van der Waals surface area contributed by atoms with Gasteiger partial charge in [0.25, 0.3) is 0 Å². The van der Waals surface area contributed by atoms with Gasteiger partial charge in [-0.3, -0.25) is 0 Å². The summed E-state index contributed by atoms with van der Waals surface area (Å²) in [5.74, 6) is 1.69. The fourth-order valence-corrected chi connectivity index (χ4v) is 3.59. The van der Waals surface area contributed by atoms with Crippen LogP contribution in [0.1, 0.15) is 42.4 Å². The lowest BCUT2D eigenvalue weighted by Gasteiger charge is -2.13. The molecule has 3 aromatic carbocycles. The van der Waals surface area contributed by atoms with E-state index in [9.17, 15) is 0 Å². The van der Waals surface area contributed by atoms with Crippen LogP contribution in [0.3, 0.4) is 0 Å². The van der Waals surface area contributed by atoms with E-state index in [4.69, 9.17) is 14.2 Å². The first kappa shape index (κ1) is 24.9. The highest BCUT2D eigenvalue weighted by molar-refractivity contribution is 9.09. The zero-order valence-electron chi connectivity index (χ0n) is 19.1. The summed E-state index contributed by atoms with van der Waals surface area (Å²) in [5, 5.41) is 0.978. The first-order chi connectivity index (χ1) is 16.3. The molecule has 3 aromatic rings. The molecule has 0 saturated heterocycles. The van der Waals surface area contributed by atoms with Crippen LogP contribution in [0, 0.1) is 0 Å². The van der Waals surface area contributed by atoms with Crippen molar-refractivity contribution in [3.05, 3.63) is 108 Å². The third-order valence-electron chi connectivity index (χ3n) is 5.11. The van der Waals surface area contributed by atoms with Gasteiger partial charge in [0.05, 0.1) is 12.9 Å². The molecule has 0 atom stereocenters. The molecule has 0 amide bonds. The summed E-state index contributed by atoms with van der Waals surface area (Å²) in [6.45, 7) is 1.86. The van der Waals surface area contributed by atoms with E-state index in [2.05, 4.69) is 58.4 Å². The second kappa shape index (κ2) is 15.2. The van der Waals surface area contributed by atoms with Crippen molar-refractivity contribution in [2.24, 2.45) is 0 Å². The highest BCUT2D eigenvalue weighted by atomic mass is 79.9. The van der Waals surface area contributed by atoms with Gasteiger partial charge in [0.15, 0.2) is 0 Å². The van der Waals surface area contributed by atoms with Gasteiger partial charge in [-0.05, 0) is 67.0 Å². The molecule has 4 heteroatoms. The summed E-state index contributed by atoms with van der Waals surface area (Å²) in [5.41, 5.74) is 3.54. The van der Waals surface area contributed by atoms with Crippen LogP contribution in [0.2, 0.25) is 0 Å². The Morgan fingerprint density at radius 1 is 0.667 bits per heavy atom. The van der Waals surface area contributed by atoms with Crippen molar-refractivity contribution in [2.45, 2.75) is 45.3 Å². The first-order valence-electron chi connectivity index (χ1n) is 11.6. The Hall–Kier alpha value is -2.72. The predicted octanol–water partition coefficient (Wildman–Crippen LogP) is 7.87. The summed E-state index contributed by atoms with van der Waals surface area (Å²) in [4.78, 5) is 0. The maximum Gasteiger partial charge on any atom is 0.123 e. The summed E-state index contributed by atoms with van der Waals surface area (Å²) in [6, 6.07) is 26.7. The monoisotopic (exact) mass is 508 g/mol. The normalized spacial score (nSPS) is 10.9. The number of unbranched alkanes of at least 4 members (excludes halogenated alkanes) is 2. The molecule has 0 bridgehead atoms. The van der Waals surface area contributed by atoms with Crippen molar-refractivity contribution in [2.75, 3.05) is 11.9 Å². The quantitative estimate of drug-likeness (QED) is 0.119. The first-order valence-corrected chi connectivity index (χ1v) is 12.8. The lowest BCUT2D eigenvalue weighted by molar-refractivity contribution is 0.250. The number of halogens is 1. The Morgan fingerprint density at radius 2 is 1.27 bits per heavy atom. The van der Waals surface area contributed by atoms with Crippen LogP contribution in [0.4, 0.5) is 0 Å². The smallest absolute Gasteiger partial charge is 0.123 e. The van der Waals surface area contributed by atoms with Crippen LogP contribution in [0.5, 0.6) is 11.5 Å². The lowest BCUT2D eigenvalue weighted by Crippen LogP contribution is -1.99. The number of ether oxygens (including phenoxy) is 3. The molecule has 174 valence electrons. The van der Waals surface area contributed by atoms with E-state index < -0.39 is 0 Å². The molecule has 0 radical (unpaired) electrons. The molecule has 0 unspecified atom stereocenters. The highest BCUT2D eigenvalue weighted by Gasteiger charge is 2.05. The van der Waals surface area contributed by atoms with Gasteiger partial charge in [-0.15, -0.1) is 0 Å². The predicted molar refractivity (Wildman–Crippen MR) is 139 cm³/mol. The third kappa shape index (κ3) is 10.2. The molecular weight excluding hydrogens is 476 g/mol. The molecule has 3 rings (SSSR count). The SMILES string of the molecule is BrCCCO/C=C/CCCCc1cc(OCc2ccccc2)cc(OCc2ccccc2)c1. The second-order valence-electron chi connectivity index (χ2n) is 7.89. The van der Waals surface area contributed by atoms with Crippen molar-refractivity contribution in [3.63, 3.8) is 0 Å². The number of hydrogen-bond acceptors (Lipinski definition) is 3. The molecule has 0 aromatic heterocycles. The Labute approximate surface area is 206 Å². The van der Waals surface area contributed by atoms with Gasteiger partial charge in [-0.25, -0.2) is 0 Å². The average Bonchev–Trinajstić information content (AvgIpc) is 2.86. The number of benzene rings is 3. The van der Waals surface area contributed by atoms with Crippen LogP contribution in [-0.4, -0.2) is 11.9 Å². The van der Waals surface area contributed by atoms with E-state index >= 15 is 0 Å². The molecule has 0 spiro atoms. The molecule has 0 aliphatic heterocycles. The van der Waals surface area contributed by atoms with E-state index in [1.54, 1.807) is 0 Å². The molecule has 0 heterocycles. The topological polar surface area (TPSA) is 27.7 Å². The summed E-state index contributed by atoms with van der Waals surface area (Å²) in [6.07, 6.45) is 9.21. The molecule has 3 nitrogen and oxygen atoms in total. The molecule has 0 N–H and O–H groups in total. The van der Waals surface area contributed by atoms with Crippen LogP contribution >= 0.6 is 15.9 Å². The summed E-state index contributed by atoms with van der Waals surface area (Å²) >= 11 is 3.41. The fraction of sp³-hybridized carbons (Fsp3) is 0.310. The van der Waals surface area contributed by atoms with Crippen molar-refractivity contribution in [3.8, 4) is 11.5 Å². The lowest BCUT2D eigenvalue weighted by atomic mass is 10.1. The molecule has 0 saturated carbocycles. The summed E-state index contributed by atoms with van der Waals surface area (Å²) in [7, 11) is 0. The van der Waals surface area contributed by atoms with E-state index in [1.807, 2.05) is 48.7 Å². The standard InChI is InChI=1S/C29H33BrO3/c30-17-11-19-31-18-10-2-1-5-16-27-20-28(32-23-25-12-6-3-7-13-25)22-29(21-27)33-24-26-14-8-4-9-15-26/h3-4,6-10,12-15,18,20-22H,1-2,5,11,16-17,19,23-24H2/b18-10+. The molecule has 0 aliphatic carbocycles. The Bertz CT molecular complexity index is 880. The number of alkyl halides is 1. The van der Waals surface area contributed by atoms with Crippen LogP contribution in [0.15, 0.2) is 91.2 Å². The van der Waals surface area contributed by atoms with Gasteiger partial charge in [-0.2, -0.15) is 0 Å². The minimum atomic E-state index is 0.544. The Morgan fingerprint density at radius 3 is 1.85 bits per heavy atom. The van der Waals surface area contributed by atoms with Crippen LogP contribution < -0.4 is 9.47 Å². The van der Waals surface area contributed by atoms with Crippen molar-refractivity contribution < 1.29 is 14.2 Å². The van der Waals surface area contributed by atoms with Gasteiger partial charge in [0.1, 0.15) is 24.7 Å². The van der Waals surface area contributed by atoms with Crippen molar-refractivity contribution in [1.29, 1.82) is 0 Å². The maximum absolute atomic E-state index is 6.11. The molecule has 33 heavy (non-hydrogen) atoms.